The number of carbonyl (C=O) groups is 2. The highest BCUT2D eigenvalue weighted by atomic mass is 16.5. The van der Waals surface area contributed by atoms with Crippen LogP contribution in [0.1, 0.15) is 22.3 Å². The van der Waals surface area contributed by atoms with Crippen molar-refractivity contribution in [3.8, 4) is 17.2 Å². The second-order valence-electron chi connectivity index (χ2n) is 9.76. The Balaban J connectivity index is 1.31. The normalized spacial score (nSPS) is 19.5. The summed E-state index contributed by atoms with van der Waals surface area (Å²) < 4.78 is 17.5. The van der Waals surface area contributed by atoms with E-state index >= 15 is 0 Å². The van der Waals surface area contributed by atoms with E-state index in [4.69, 9.17) is 19.2 Å². The van der Waals surface area contributed by atoms with E-state index in [1.54, 1.807) is 24.4 Å². The fourth-order valence-corrected chi connectivity index (χ4v) is 4.96. The molecule has 4 aromatic rings. The lowest BCUT2D eigenvalue weighted by Gasteiger charge is -2.39. The molecule has 2 atom stereocenters. The standard InChI is InChI=1S/C30H29N5O5/c1-38-26-11-8-20-14-27(26)39-18-29(36)32-15-19-6-9-21(10-7-19)40-25-12-13-35(17-24(25)34-30(20)37)28-16-31-22-4-2-3-5-23(22)33-28/h2-11,14,16,24-25H,12-13,15,17-18H2,1H3,(H,32,36)(H,34,37)/t24-,25+/m0/s1. The Morgan fingerprint density at radius 1 is 1.02 bits per heavy atom. The molecular formula is C30H29N5O5. The molecule has 1 saturated heterocycles. The fraction of sp³-hybridized carbons (Fsp3) is 0.267. The first-order valence-corrected chi connectivity index (χ1v) is 13.2. The average Bonchev–Trinajstić information content (AvgIpc) is 2.99. The van der Waals surface area contributed by atoms with Gasteiger partial charge in [-0.05, 0) is 48.0 Å². The van der Waals surface area contributed by atoms with Gasteiger partial charge in [-0.2, -0.15) is 0 Å². The van der Waals surface area contributed by atoms with Gasteiger partial charge in [0.1, 0.15) is 17.7 Å². The first-order valence-electron chi connectivity index (χ1n) is 13.2. The molecule has 40 heavy (non-hydrogen) atoms. The van der Waals surface area contributed by atoms with Gasteiger partial charge in [-0.15, -0.1) is 0 Å². The number of ether oxygens (including phenoxy) is 3. The average molecular weight is 540 g/mol. The molecule has 2 N–H and O–H groups in total. The number of rotatable bonds is 2. The summed E-state index contributed by atoms with van der Waals surface area (Å²) >= 11 is 0. The third kappa shape index (κ3) is 5.47. The Hall–Kier alpha value is -4.86. The lowest BCUT2D eigenvalue weighted by molar-refractivity contribution is -0.123. The van der Waals surface area contributed by atoms with Crippen molar-refractivity contribution in [1.29, 1.82) is 0 Å². The molecule has 3 aliphatic rings. The van der Waals surface area contributed by atoms with Crippen LogP contribution >= 0.6 is 0 Å². The molecule has 3 aliphatic heterocycles. The number of piperidine rings is 1. The van der Waals surface area contributed by atoms with Crippen LogP contribution in [0.3, 0.4) is 0 Å². The maximum Gasteiger partial charge on any atom is 0.258 e. The van der Waals surface area contributed by atoms with Gasteiger partial charge in [-0.1, -0.05) is 24.3 Å². The highest BCUT2D eigenvalue weighted by molar-refractivity contribution is 5.95. The Morgan fingerprint density at radius 3 is 2.67 bits per heavy atom. The van der Waals surface area contributed by atoms with Crippen molar-refractivity contribution in [2.24, 2.45) is 0 Å². The van der Waals surface area contributed by atoms with E-state index in [0.717, 1.165) is 22.4 Å². The maximum atomic E-state index is 13.5. The van der Waals surface area contributed by atoms with Gasteiger partial charge in [-0.3, -0.25) is 14.6 Å². The maximum absolute atomic E-state index is 13.5. The van der Waals surface area contributed by atoms with Crippen molar-refractivity contribution in [3.05, 3.63) is 84.1 Å². The highest BCUT2D eigenvalue weighted by Crippen LogP contribution is 2.29. The number of hydrogen-bond acceptors (Lipinski definition) is 8. The zero-order valence-electron chi connectivity index (χ0n) is 22.0. The van der Waals surface area contributed by atoms with Gasteiger partial charge in [0.05, 0.1) is 30.4 Å². The van der Waals surface area contributed by atoms with Gasteiger partial charge >= 0.3 is 0 Å². The predicted octanol–water partition coefficient (Wildman–Crippen LogP) is 3.10. The summed E-state index contributed by atoms with van der Waals surface area (Å²) in [5, 5.41) is 6.01. The molecule has 204 valence electrons. The van der Waals surface area contributed by atoms with Gasteiger partial charge in [0.2, 0.25) is 0 Å². The SMILES string of the molecule is COc1ccc2cc1OCC(=O)NCc1ccc(cc1)O[C@@H]1CCN(c3cnc4ccccc4n3)C[C@@H]1NC2=O. The molecule has 3 aromatic carbocycles. The Bertz CT molecular complexity index is 1540. The van der Waals surface area contributed by atoms with Crippen molar-refractivity contribution < 1.29 is 23.8 Å². The van der Waals surface area contributed by atoms with Crippen LogP contribution in [0.5, 0.6) is 17.2 Å². The van der Waals surface area contributed by atoms with Crippen molar-refractivity contribution in [2.45, 2.75) is 25.1 Å². The molecule has 10 nitrogen and oxygen atoms in total. The zero-order valence-corrected chi connectivity index (χ0v) is 22.0. The van der Waals surface area contributed by atoms with Crippen molar-refractivity contribution in [2.75, 3.05) is 31.7 Å². The van der Waals surface area contributed by atoms with Crippen LogP contribution in [0.2, 0.25) is 0 Å². The number of methoxy groups -OCH3 is 1. The van der Waals surface area contributed by atoms with Gasteiger partial charge in [0, 0.05) is 31.6 Å². The minimum absolute atomic E-state index is 0.213. The molecule has 1 fully saturated rings. The van der Waals surface area contributed by atoms with Crippen LogP contribution in [0.15, 0.2) is 72.9 Å². The first-order chi connectivity index (χ1) is 19.6. The molecule has 0 spiro atoms. The number of nitrogens with zero attached hydrogens (tertiary/aromatic N) is 3. The minimum Gasteiger partial charge on any atom is -0.493 e. The zero-order chi connectivity index (χ0) is 27.5. The molecule has 0 unspecified atom stereocenters. The molecule has 4 bridgehead atoms. The van der Waals surface area contributed by atoms with Crippen LogP contribution in [0.4, 0.5) is 5.82 Å². The summed E-state index contributed by atoms with van der Waals surface area (Å²) in [6, 6.07) is 19.9. The number of amides is 2. The number of hydrogen-bond donors (Lipinski definition) is 2. The fourth-order valence-electron chi connectivity index (χ4n) is 4.96. The van der Waals surface area contributed by atoms with E-state index in [-0.39, 0.29) is 30.6 Å². The largest absolute Gasteiger partial charge is 0.493 e. The van der Waals surface area contributed by atoms with Gasteiger partial charge in [0.25, 0.3) is 11.8 Å². The summed E-state index contributed by atoms with van der Waals surface area (Å²) in [6.07, 6.45) is 2.16. The molecular weight excluding hydrogens is 510 g/mol. The quantitative estimate of drug-likeness (QED) is 0.400. The summed E-state index contributed by atoms with van der Waals surface area (Å²) in [5.74, 6) is 1.60. The number of aromatic nitrogens is 2. The van der Waals surface area contributed by atoms with Crippen molar-refractivity contribution in [1.82, 2.24) is 20.6 Å². The Morgan fingerprint density at radius 2 is 1.85 bits per heavy atom. The summed E-state index contributed by atoms with van der Waals surface area (Å²) in [6.45, 7) is 1.32. The highest BCUT2D eigenvalue weighted by Gasteiger charge is 2.33. The first kappa shape index (κ1) is 25.4. The van der Waals surface area contributed by atoms with Crippen molar-refractivity contribution >= 4 is 28.7 Å². The van der Waals surface area contributed by atoms with E-state index in [1.807, 2.05) is 48.5 Å². The molecule has 2 amide bonds. The van der Waals surface area contributed by atoms with Crippen LogP contribution < -0.4 is 29.7 Å². The Labute approximate surface area is 231 Å². The van der Waals surface area contributed by atoms with Gasteiger partial charge in [-0.25, -0.2) is 4.98 Å². The van der Waals surface area contributed by atoms with Crippen LogP contribution in [-0.2, 0) is 11.3 Å². The number of fused-ring (bicyclic) bond motifs is 8. The third-order valence-corrected chi connectivity index (χ3v) is 7.11. The molecule has 10 heteroatoms. The second kappa shape index (κ2) is 11.1. The van der Waals surface area contributed by atoms with Crippen molar-refractivity contribution in [3.63, 3.8) is 0 Å². The molecule has 7 rings (SSSR count). The van der Waals surface area contributed by atoms with Crippen LogP contribution in [0.25, 0.3) is 11.0 Å². The second-order valence-corrected chi connectivity index (χ2v) is 9.76. The topological polar surface area (TPSA) is 115 Å². The number of benzene rings is 3. The molecule has 0 radical (unpaired) electrons. The van der Waals surface area contributed by atoms with Crippen LogP contribution in [0, 0.1) is 0 Å². The number of nitrogens with one attached hydrogen (secondary N) is 2. The molecule has 0 saturated carbocycles. The summed E-state index contributed by atoms with van der Waals surface area (Å²) in [4.78, 5) is 37.4. The smallest absolute Gasteiger partial charge is 0.258 e. The van der Waals surface area contributed by atoms with Crippen LogP contribution in [-0.4, -0.2) is 60.7 Å². The lowest BCUT2D eigenvalue weighted by Crippen LogP contribution is -2.57. The minimum atomic E-state index is -0.348. The molecule has 4 heterocycles. The van der Waals surface area contributed by atoms with E-state index in [0.29, 0.717) is 48.9 Å². The summed E-state index contributed by atoms with van der Waals surface area (Å²) in [5.41, 5.74) is 2.95. The van der Waals surface area contributed by atoms with E-state index in [9.17, 15) is 9.59 Å². The van der Waals surface area contributed by atoms with E-state index in [2.05, 4.69) is 20.5 Å². The van der Waals surface area contributed by atoms with E-state index in [1.165, 1.54) is 7.11 Å². The number of anilines is 1. The number of carbonyl (C=O) groups excluding carboxylic acids is 2. The molecule has 1 aromatic heterocycles. The number of para-hydroxylation sites is 2. The Kier molecular flexibility index (Phi) is 7.05. The lowest BCUT2D eigenvalue weighted by atomic mass is 10.0. The van der Waals surface area contributed by atoms with Gasteiger partial charge in [0.15, 0.2) is 18.1 Å². The summed E-state index contributed by atoms with van der Waals surface area (Å²) in [7, 11) is 1.51. The third-order valence-electron chi connectivity index (χ3n) is 7.11. The molecule has 0 aliphatic carbocycles. The predicted molar refractivity (Wildman–Crippen MR) is 149 cm³/mol. The monoisotopic (exact) mass is 539 g/mol. The van der Waals surface area contributed by atoms with E-state index < -0.39 is 0 Å². The van der Waals surface area contributed by atoms with Gasteiger partial charge < -0.3 is 29.7 Å².